The molecule has 10 heteroatoms. The summed E-state index contributed by atoms with van der Waals surface area (Å²) in [7, 11) is 1.20. The summed E-state index contributed by atoms with van der Waals surface area (Å²) in [5.74, 6) is -0.248. The number of ether oxygens (including phenoxy) is 3. The van der Waals surface area contributed by atoms with E-state index in [1.54, 1.807) is 30.3 Å². The van der Waals surface area contributed by atoms with E-state index in [2.05, 4.69) is 33.4 Å². The Balaban J connectivity index is 1.89. The van der Waals surface area contributed by atoms with Crippen molar-refractivity contribution >= 4 is 57.5 Å². The molecule has 34 heavy (non-hydrogen) atoms. The minimum absolute atomic E-state index is 0.184. The summed E-state index contributed by atoms with van der Waals surface area (Å²) < 4.78 is 17.2. The fourth-order valence-electron chi connectivity index (χ4n) is 3.22. The molecule has 0 unspecified atom stereocenters. The van der Waals surface area contributed by atoms with Crippen molar-refractivity contribution in [2.45, 2.75) is 26.5 Å². The number of esters is 1. The Hall–Kier alpha value is -3.04. The monoisotopic (exact) mass is 592 g/mol. The van der Waals surface area contributed by atoms with Gasteiger partial charge in [-0.05, 0) is 78.0 Å². The van der Waals surface area contributed by atoms with E-state index < -0.39 is 23.2 Å². The van der Waals surface area contributed by atoms with Crippen LogP contribution in [0, 0.1) is 14.9 Å². The molecule has 0 aliphatic carbocycles. The Morgan fingerprint density at radius 3 is 2.68 bits per heavy atom. The quantitative estimate of drug-likeness (QED) is 0.246. The van der Waals surface area contributed by atoms with Gasteiger partial charge in [0, 0.05) is 5.56 Å². The van der Waals surface area contributed by atoms with Gasteiger partial charge in [-0.3, -0.25) is 14.5 Å². The van der Waals surface area contributed by atoms with Crippen LogP contribution in [0.5, 0.6) is 11.5 Å². The molecule has 0 N–H and O–H groups in total. The first kappa shape index (κ1) is 25.6. The number of hydrogen-bond donors (Lipinski definition) is 0. The van der Waals surface area contributed by atoms with Crippen LogP contribution in [0.4, 0.5) is 4.79 Å². The van der Waals surface area contributed by atoms with Crippen molar-refractivity contribution in [1.29, 1.82) is 5.26 Å². The second-order valence-electron chi connectivity index (χ2n) is 7.07. The smallest absolute Gasteiger partial charge is 0.328 e. The Labute approximate surface area is 215 Å². The first-order chi connectivity index (χ1) is 16.3. The summed E-state index contributed by atoms with van der Waals surface area (Å²) in [6.45, 7) is 3.85. The summed E-state index contributed by atoms with van der Waals surface area (Å²) in [4.78, 5) is 38.0. The van der Waals surface area contributed by atoms with Crippen molar-refractivity contribution in [3.05, 3.63) is 61.6 Å². The molecule has 1 saturated heterocycles. The third kappa shape index (κ3) is 5.53. The summed E-state index contributed by atoms with van der Waals surface area (Å²) >= 11 is 2.87. The van der Waals surface area contributed by atoms with Crippen LogP contribution in [0.15, 0.2) is 41.3 Å². The van der Waals surface area contributed by atoms with Gasteiger partial charge in [0.15, 0.2) is 11.5 Å². The molecule has 8 nitrogen and oxygen atoms in total. The Kier molecular flexibility index (Phi) is 8.57. The van der Waals surface area contributed by atoms with Crippen LogP contribution in [0.25, 0.3) is 6.08 Å². The number of imide groups is 1. The van der Waals surface area contributed by atoms with E-state index in [0.29, 0.717) is 29.2 Å². The van der Waals surface area contributed by atoms with E-state index in [9.17, 15) is 19.6 Å². The zero-order valence-electron chi connectivity index (χ0n) is 18.7. The van der Waals surface area contributed by atoms with E-state index in [-0.39, 0.29) is 11.5 Å². The third-order valence-electron chi connectivity index (χ3n) is 4.89. The van der Waals surface area contributed by atoms with Crippen LogP contribution in [0.1, 0.15) is 30.5 Å². The molecule has 1 aliphatic rings. The van der Waals surface area contributed by atoms with Crippen LogP contribution in [-0.4, -0.2) is 41.8 Å². The summed E-state index contributed by atoms with van der Waals surface area (Å²) in [6.07, 6.45) is 1.58. The number of hydrogen-bond acceptors (Lipinski definition) is 8. The predicted molar refractivity (Wildman–Crippen MR) is 135 cm³/mol. The standard InChI is InChI=1S/C24H21IN2O6S/c1-4-32-19-10-15(11-20-22(28)27(24(30)34-20)14(2)23(29)31-3)9-18(25)21(19)33-13-17-8-6-5-7-16(17)12-26/h5-11,14H,4,13H2,1-3H3/b20-11+/t14-/m0/s1. The molecule has 2 aromatic rings. The highest BCUT2D eigenvalue weighted by Gasteiger charge is 2.41. The number of methoxy groups -OCH3 is 1. The molecule has 0 aromatic heterocycles. The van der Waals surface area contributed by atoms with E-state index in [0.717, 1.165) is 25.8 Å². The summed E-state index contributed by atoms with van der Waals surface area (Å²) in [5.41, 5.74) is 1.92. The minimum atomic E-state index is -1.02. The number of carbonyl (C=O) groups excluding carboxylic acids is 3. The van der Waals surface area contributed by atoms with E-state index in [4.69, 9.17) is 9.47 Å². The molecule has 0 saturated carbocycles. The number of halogens is 1. The molecule has 1 aliphatic heterocycles. The lowest BCUT2D eigenvalue weighted by molar-refractivity contribution is -0.148. The Morgan fingerprint density at radius 1 is 1.26 bits per heavy atom. The first-order valence-electron chi connectivity index (χ1n) is 10.2. The lowest BCUT2D eigenvalue weighted by Crippen LogP contribution is -2.42. The molecule has 2 amide bonds. The molecule has 0 spiro atoms. The van der Waals surface area contributed by atoms with Crippen molar-refractivity contribution in [2.24, 2.45) is 0 Å². The highest BCUT2D eigenvalue weighted by molar-refractivity contribution is 14.1. The van der Waals surface area contributed by atoms with E-state index in [1.165, 1.54) is 14.0 Å². The lowest BCUT2D eigenvalue weighted by Gasteiger charge is -2.18. The lowest BCUT2D eigenvalue weighted by atomic mass is 10.1. The second kappa shape index (κ2) is 11.4. The van der Waals surface area contributed by atoms with Gasteiger partial charge in [0.25, 0.3) is 11.1 Å². The SMILES string of the molecule is CCOc1cc(/C=C2/SC(=O)N([C@@H](C)C(=O)OC)C2=O)cc(I)c1OCc1ccccc1C#N. The van der Waals surface area contributed by atoms with Gasteiger partial charge in [-0.15, -0.1) is 0 Å². The summed E-state index contributed by atoms with van der Waals surface area (Å²) in [5, 5.41) is 8.76. The number of amides is 2. The van der Waals surface area contributed by atoms with Crippen molar-refractivity contribution in [2.75, 3.05) is 13.7 Å². The fourth-order valence-corrected chi connectivity index (χ4v) is 4.91. The van der Waals surface area contributed by atoms with Crippen molar-refractivity contribution in [3.8, 4) is 17.6 Å². The second-order valence-corrected chi connectivity index (χ2v) is 9.23. The van der Waals surface area contributed by atoms with Crippen LogP contribution >= 0.6 is 34.4 Å². The van der Waals surface area contributed by atoms with Gasteiger partial charge in [-0.25, -0.2) is 4.79 Å². The number of benzene rings is 2. The molecular formula is C24H21IN2O6S. The van der Waals surface area contributed by atoms with Gasteiger partial charge in [-0.2, -0.15) is 5.26 Å². The largest absolute Gasteiger partial charge is 0.490 e. The number of nitriles is 1. The zero-order valence-corrected chi connectivity index (χ0v) is 21.6. The Bertz CT molecular complexity index is 1210. The van der Waals surface area contributed by atoms with Crippen LogP contribution in [0.3, 0.4) is 0 Å². The maximum Gasteiger partial charge on any atom is 0.328 e. The maximum atomic E-state index is 12.8. The van der Waals surface area contributed by atoms with Crippen molar-refractivity contribution < 1.29 is 28.6 Å². The Morgan fingerprint density at radius 2 is 2.00 bits per heavy atom. The van der Waals surface area contributed by atoms with E-state index in [1.807, 2.05) is 19.1 Å². The van der Waals surface area contributed by atoms with Gasteiger partial charge in [0.2, 0.25) is 0 Å². The molecule has 2 aromatic carbocycles. The molecule has 0 bridgehead atoms. The molecule has 3 rings (SSSR count). The molecule has 1 atom stereocenters. The van der Waals surface area contributed by atoms with Crippen LogP contribution < -0.4 is 9.47 Å². The van der Waals surface area contributed by atoms with Crippen LogP contribution in [0.2, 0.25) is 0 Å². The summed E-state index contributed by atoms with van der Waals surface area (Å²) in [6, 6.07) is 11.8. The molecule has 1 heterocycles. The number of thioether (sulfide) groups is 1. The molecular weight excluding hydrogens is 571 g/mol. The molecule has 1 fully saturated rings. The van der Waals surface area contributed by atoms with Crippen molar-refractivity contribution in [1.82, 2.24) is 4.90 Å². The van der Waals surface area contributed by atoms with Gasteiger partial charge < -0.3 is 14.2 Å². The fraction of sp³-hybridized carbons (Fsp3) is 0.250. The average molecular weight is 592 g/mol. The number of nitrogens with zero attached hydrogens (tertiary/aromatic N) is 2. The predicted octanol–water partition coefficient (Wildman–Crippen LogP) is 4.74. The maximum absolute atomic E-state index is 12.8. The minimum Gasteiger partial charge on any atom is -0.490 e. The topological polar surface area (TPSA) is 106 Å². The van der Waals surface area contributed by atoms with Gasteiger partial charge in [0.05, 0.1) is 33.8 Å². The zero-order chi connectivity index (χ0) is 24.8. The third-order valence-corrected chi connectivity index (χ3v) is 6.58. The molecule has 176 valence electrons. The normalized spacial score (nSPS) is 15.3. The van der Waals surface area contributed by atoms with Crippen molar-refractivity contribution in [3.63, 3.8) is 0 Å². The van der Waals surface area contributed by atoms with Gasteiger partial charge in [-0.1, -0.05) is 18.2 Å². The first-order valence-corrected chi connectivity index (χ1v) is 12.1. The number of rotatable bonds is 8. The average Bonchev–Trinajstić information content (AvgIpc) is 3.10. The highest BCUT2D eigenvalue weighted by atomic mass is 127. The highest BCUT2D eigenvalue weighted by Crippen LogP contribution is 2.38. The van der Waals surface area contributed by atoms with Gasteiger partial charge >= 0.3 is 5.97 Å². The van der Waals surface area contributed by atoms with Crippen LogP contribution in [-0.2, 0) is 20.9 Å². The molecule has 0 radical (unpaired) electrons. The number of carbonyl (C=O) groups is 3. The van der Waals surface area contributed by atoms with Gasteiger partial charge in [0.1, 0.15) is 12.6 Å². The van der Waals surface area contributed by atoms with E-state index >= 15 is 0 Å².